The Hall–Kier alpha value is -0.610. The molecule has 0 bridgehead atoms. The summed E-state index contributed by atoms with van der Waals surface area (Å²) in [4.78, 5) is 13.2. The lowest BCUT2D eigenvalue weighted by atomic mass is 9.92. The highest BCUT2D eigenvalue weighted by Gasteiger charge is 2.31. The van der Waals surface area contributed by atoms with E-state index >= 15 is 0 Å². The van der Waals surface area contributed by atoms with Crippen LogP contribution in [0.2, 0.25) is 0 Å². The summed E-state index contributed by atoms with van der Waals surface area (Å²) in [5.74, 6) is -0.0745. The van der Waals surface area contributed by atoms with Gasteiger partial charge in [0.2, 0.25) is 0 Å². The van der Waals surface area contributed by atoms with Crippen LogP contribution in [0.25, 0.3) is 0 Å². The Morgan fingerprint density at radius 2 is 2.22 bits per heavy atom. The average Bonchev–Trinajstić information content (AvgIpc) is 2.85. The van der Waals surface area contributed by atoms with E-state index in [9.17, 15) is 4.79 Å². The molecule has 1 aliphatic carbocycles. The molecule has 1 saturated heterocycles. The fraction of sp³-hybridized carbons (Fsp3) is 0.929. The van der Waals surface area contributed by atoms with Gasteiger partial charge in [-0.2, -0.15) is 0 Å². The van der Waals surface area contributed by atoms with Crippen LogP contribution in [0.5, 0.6) is 0 Å². The van der Waals surface area contributed by atoms with Crippen LogP contribution in [0.15, 0.2) is 0 Å². The van der Waals surface area contributed by atoms with E-state index in [0.29, 0.717) is 24.5 Å². The molecule has 0 radical (unpaired) electrons. The number of ether oxygens (including phenoxy) is 1. The number of hydrogen-bond acceptors (Lipinski definition) is 3. The Balaban J connectivity index is 1.75. The normalized spacial score (nSPS) is 33.7. The molecule has 1 N–H and O–H groups in total. The number of likely N-dealkylation sites (tertiary alicyclic amines) is 1. The number of hydrogen-bond donors (Lipinski definition) is 1. The summed E-state index contributed by atoms with van der Waals surface area (Å²) in [6.45, 7) is 2.24. The average molecular weight is 255 g/mol. The molecular formula is C14H25NO3. The SMILES string of the molecule is COC1CCCC(N2CCC(CCC(=O)O)C2)C1. The maximum Gasteiger partial charge on any atom is 0.303 e. The molecule has 3 unspecified atom stereocenters. The van der Waals surface area contributed by atoms with Crippen molar-refractivity contribution in [3.63, 3.8) is 0 Å². The van der Waals surface area contributed by atoms with Crippen molar-refractivity contribution in [3.05, 3.63) is 0 Å². The van der Waals surface area contributed by atoms with Gasteiger partial charge in [0.1, 0.15) is 0 Å². The van der Waals surface area contributed by atoms with Crippen LogP contribution in [0.1, 0.15) is 44.9 Å². The number of carboxylic acids is 1. The van der Waals surface area contributed by atoms with Crippen LogP contribution in [-0.2, 0) is 9.53 Å². The Bertz CT molecular complexity index is 282. The monoisotopic (exact) mass is 255 g/mol. The maximum atomic E-state index is 10.6. The van der Waals surface area contributed by atoms with E-state index < -0.39 is 5.97 Å². The van der Waals surface area contributed by atoms with Crippen molar-refractivity contribution >= 4 is 5.97 Å². The van der Waals surface area contributed by atoms with Crippen LogP contribution in [0.4, 0.5) is 0 Å². The first-order valence-corrected chi connectivity index (χ1v) is 7.17. The lowest BCUT2D eigenvalue weighted by Crippen LogP contribution is -2.39. The van der Waals surface area contributed by atoms with Crippen LogP contribution in [-0.4, -0.2) is 48.3 Å². The smallest absolute Gasteiger partial charge is 0.303 e. The highest BCUT2D eigenvalue weighted by molar-refractivity contribution is 5.66. The molecule has 1 aliphatic heterocycles. The number of nitrogens with zero attached hydrogens (tertiary/aromatic N) is 1. The molecule has 18 heavy (non-hydrogen) atoms. The van der Waals surface area contributed by atoms with Gasteiger partial charge in [0.05, 0.1) is 6.10 Å². The van der Waals surface area contributed by atoms with Crippen LogP contribution in [0.3, 0.4) is 0 Å². The minimum atomic E-state index is -0.662. The summed E-state index contributed by atoms with van der Waals surface area (Å²) < 4.78 is 5.48. The minimum absolute atomic E-state index is 0.323. The number of carboxylic acid groups (broad SMARTS) is 1. The van der Waals surface area contributed by atoms with Crippen molar-refractivity contribution in [3.8, 4) is 0 Å². The van der Waals surface area contributed by atoms with Gasteiger partial charge in [-0.15, -0.1) is 0 Å². The molecule has 104 valence electrons. The first kappa shape index (κ1) is 13.8. The predicted octanol–water partition coefficient (Wildman–Crippen LogP) is 2.13. The van der Waals surface area contributed by atoms with E-state index in [4.69, 9.17) is 9.84 Å². The van der Waals surface area contributed by atoms with Gasteiger partial charge < -0.3 is 14.7 Å². The molecule has 0 amide bonds. The molecule has 2 aliphatic rings. The van der Waals surface area contributed by atoms with Crippen molar-refractivity contribution in [2.75, 3.05) is 20.2 Å². The maximum absolute atomic E-state index is 10.6. The van der Waals surface area contributed by atoms with Crippen molar-refractivity contribution in [1.82, 2.24) is 4.90 Å². The summed E-state index contributed by atoms with van der Waals surface area (Å²) in [6, 6.07) is 0.665. The first-order chi connectivity index (χ1) is 8.69. The molecule has 1 saturated carbocycles. The molecule has 3 atom stereocenters. The van der Waals surface area contributed by atoms with Crippen LogP contribution < -0.4 is 0 Å². The fourth-order valence-electron chi connectivity index (χ4n) is 3.42. The third-order valence-corrected chi connectivity index (χ3v) is 4.53. The number of methoxy groups -OCH3 is 1. The van der Waals surface area contributed by atoms with E-state index in [1.807, 2.05) is 7.11 Å². The molecular weight excluding hydrogens is 230 g/mol. The quantitative estimate of drug-likeness (QED) is 0.817. The van der Waals surface area contributed by atoms with Crippen molar-refractivity contribution in [2.24, 2.45) is 5.92 Å². The molecule has 0 aromatic heterocycles. The van der Waals surface area contributed by atoms with Crippen molar-refractivity contribution < 1.29 is 14.6 Å². The molecule has 1 heterocycles. The van der Waals surface area contributed by atoms with Gasteiger partial charge in [0, 0.05) is 26.1 Å². The lowest BCUT2D eigenvalue weighted by Gasteiger charge is -2.34. The van der Waals surface area contributed by atoms with Gasteiger partial charge in [-0.05, 0) is 51.0 Å². The minimum Gasteiger partial charge on any atom is -0.481 e. The number of carbonyl (C=O) groups is 1. The van der Waals surface area contributed by atoms with Gasteiger partial charge in [-0.25, -0.2) is 0 Å². The molecule has 2 rings (SSSR count). The molecule has 0 aromatic rings. The zero-order valence-corrected chi connectivity index (χ0v) is 11.3. The van der Waals surface area contributed by atoms with Crippen LogP contribution >= 0.6 is 0 Å². The zero-order valence-electron chi connectivity index (χ0n) is 11.3. The van der Waals surface area contributed by atoms with Gasteiger partial charge >= 0.3 is 5.97 Å². The summed E-state index contributed by atoms with van der Waals surface area (Å²) >= 11 is 0. The predicted molar refractivity (Wildman–Crippen MR) is 69.6 cm³/mol. The Labute approximate surface area is 109 Å². The summed E-state index contributed by atoms with van der Waals surface area (Å²) in [5, 5.41) is 8.72. The Morgan fingerprint density at radius 3 is 2.94 bits per heavy atom. The van der Waals surface area contributed by atoms with Crippen molar-refractivity contribution in [1.29, 1.82) is 0 Å². The highest BCUT2D eigenvalue weighted by atomic mass is 16.5. The van der Waals surface area contributed by atoms with Crippen molar-refractivity contribution in [2.45, 2.75) is 57.1 Å². The van der Waals surface area contributed by atoms with Gasteiger partial charge in [-0.3, -0.25) is 4.79 Å². The van der Waals surface area contributed by atoms with Crippen LogP contribution in [0, 0.1) is 5.92 Å². The second-order valence-corrected chi connectivity index (χ2v) is 5.76. The molecule has 4 heteroatoms. The van der Waals surface area contributed by atoms with E-state index in [-0.39, 0.29) is 0 Å². The molecule has 0 aromatic carbocycles. The molecule has 2 fully saturated rings. The Kier molecular flexibility index (Phi) is 5.01. The summed E-state index contributed by atoms with van der Waals surface area (Å²) in [7, 11) is 1.81. The second kappa shape index (κ2) is 6.53. The van der Waals surface area contributed by atoms with E-state index in [1.165, 1.54) is 25.7 Å². The zero-order chi connectivity index (χ0) is 13.0. The lowest BCUT2D eigenvalue weighted by molar-refractivity contribution is -0.137. The molecule has 0 spiro atoms. The summed E-state index contributed by atoms with van der Waals surface area (Å²) in [5.41, 5.74) is 0. The Morgan fingerprint density at radius 1 is 1.39 bits per heavy atom. The van der Waals surface area contributed by atoms with E-state index in [0.717, 1.165) is 25.9 Å². The third-order valence-electron chi connectivity index (χ3n) is 4.53. The topological polar surface area (TPSA) is 49.8 Å². The van der Waals surface area contributed by atoms with Gasteiger partial charge in [-0.1, -0.05) is 0 Å². The van der Waals surface area contributed by atoms with E-state index in [2.05, 4.69) is 4.90 Å². The molecule has 4 nitrogen and oxygen atoms in total. The highest BCUT2D eigenvalue weighted by Crippen LogP contribution is 2.30. The van der Waals surface area contributed by atoms with Gasteiger partial charge in [0.25, 0.3) is 0 Å². The van der Waals surface area contributed by atoms with Gasteiger partial charge in [0.15, 0.2) is 0 Å². The second-order valence-electron chi connectivity index (χ2n) is 5.76. The number of rotatable bonds is 5. The standard InChI is InChI=1S/C14H25NO3/c1-18-13-4-2-3-12(9-13)15-8-7-11(10-15)5-6-14(16)17/h11-13H,2-10H2,1H3,(H,16,17). The number of aliphatic carboxylic acids is 1. The fourth-order valence-corrected chi connectivity index (χ4v) is 3.42. The largest absolute Gasteiger partial charge is 0.481 e. The summed E-state index contributed by atoms with van der Waals surface area (Å²) in [6.07, 6.45) is 7.66. The first-order valence-electron chi connectivity index (χ1n) is 7.17. The third kappa shape index (κ3) is 3.69. The van der Waals surface area contributed by atoms with E-state index in [1.54, 1.807) is 0 Å².